The predicted molar refractivity (Wildman–Crippen MR) is 95.6 cm³/mol. The number of ether oxygens (including phenoxy) is 3. The molecule has 0 radical (unpaired) electrons. The van der Waals surface area contributed by atoms with Gasteiger partial charge in [0.15, 0.2) is 11.5 Å². The van der Waals surface area contributed by atoms with Crippen LogP contribution < -0.4 is 25.1 Å². The summed E-state index contributed by atoms with van der Waals surface area (Å²) in [7, 11) is 0. The van der Waals surface area contributed by atoms with Crippen molar-refractivity contribution in [2.24, 2.45) is 0 Å². The summed E-state index contributed by atoms with van der Waals surface area (Å²) in [6.45, 7) is 3.19. The van der Waals surface area contributed by atoms with Gasteiger partial charge in [-0.05, 0) is 43.3 Å². The fraction of sp³-hybridized carbons (Fsp3) is 0.211. The minimum atomic E-state index is -0.107. The summed E-state index contributed by atoms with van der Waals surface area (Å²) in [6, 6.07) is 13.1. The van der Waals surface area contributed by atoms with Crippen molar-refractivity contribution >= 4 is 16.6 Å². The number of aromatic nitrogens is 1. The van der Waals surface area contributed by atoms with Crippen LogP contribution in [0.2, 0.25) is 0 Å². The Labute approximate surface area is 144 Å². The van der Waals surface area contributed by atoms with Crippen molar-refractivity contribution in [1.29, 1.82) is 0 Å². The van der Waals surface area contributed by atoms with Gasteiger partial charge in [0.25, 0.3) is 5.56 Å². The zero-order chi connectivity index (χ0) is 17.2. The van der Waals surface area contributed by atoms with E-state index < -0.39 is 0 Å². The molecule has 0 amide bonds. The van der Waals surface area contributed by atoms with Gasteiger partial charge < -0.3 is 24.5 Å². The molecule has 0 spiro atoms. The van der Waals surface area contributed by atoms with Crippen molar-refractivity contribution in [2.45, 2.75) is 13.5 Å². The molecule has 0 saturated heterocycles. The number of pyridine rings is 1. The molecule has 6 heteroatoms. The lowest BCUT2D eigenvalue weighted by Gasteiger charge is -2.09. The van der Waals surface area contributed by atoms with Gasteiger partial charge in [0.1, 0.15) is 5.75 Å². The second kappa shape index (κ2) is 6.39. The van der Waals surface area contributed by atoms with E-state index in [1.165, 1.54) is 0 Å². The van der Waals surface area contributed by atoms with Crippen LogP contribution in [0.15, 0.2) is 47.3 Å². The number of fused-ring (bicyclic) bond motifs is 2. The standard InChI is InChI=1S/C19H18N2O4/c1-2-23-15-4-5-16-12(8-15)7-13(19(22)21-16)10-20-14-3-6-17-18(9-14)25-11-24-17/h3-9,20H,2,10-11H2,1H3,(H,21,22). The first-order chi connectivity index (χ1) is 12.2. The lowest BCUT2D eigenvalue weighted by molar-refractivity contribution is 0.174. The van der Waals surface area contributed by atoms with Crippen LogP contribution in [0.25, 0.3) is 10.9 Å². The molecule has 2 N–H and O–H groups in total. The van der Waals surface area contributed by atoms with E-state index in [1.54, 1.807) is 0 Å². The summed E-state index contributed by atoms with van der Waals surface area (Å²) in [5.74, 6) is 2.23. The molecule has 1 aromatic heterocycles. The molecule has 2 heterocycles. The van der Waals surface area contributed by atoms with Crippen LogP contribution in [0.4, 0.5) is 5.69 Å². The van der Waals surface area contributed by atoms with Gasteiger partial charge in [0.05, 0.1) is 6.61 Å². The largest absolute Gasteiger partial charge is 0.494 e. The molecule has 3 aromatic rings. The molecule has 0 bridgehead atoms. The van der Waals surface area contributed by atoms with Crippen LogP contribution in [0.5, 0.6) is 17.2 Å². The average molecular weight is 338 g/mol. The smallest absolute Gasteiger partial charge is 0.253 e. The SMILES string of the molecule is CCOc1ccc2[nH]c(=O)c(CNc3ccc4c(c3)OCO4)cc2c1. The summed E-state index contributed by atoms with van der Waals surface area (Å²) >= 11 is 0. The number of rotatable bonds is 5. The molecule has 0 fully saturated rings. The van der Waals surface area contributed by atoms with Gasteiger partial charge in [0, 0.05) is 34.8 Å². The van der Waals surface area contributed by atoms with Crippen LogP contribution >= 0.6 is 0 Å². The first-order valence-electron chi connectivity index (χ1n) is 8.15. The fourth-order valence-corrected chi connectivity index (χ4v) is 2.82. The van der Waals surface area contributed by atoms with E-state index in [9.17, 15) is 4.79 Å². The number of nitrogens with one attached hydrogen (secondary N) is 2. The van der Waals surface area contributed by atoms with E-state index >= 15 is 0 Å². The van der Waals surface area contributed by atoms with E-state index in [4.69, 9.17) is 14.2 Å². The quantitative estimate of drug-likeness (QED) is 0.747. The van der Waals surface area contributed by atoms with E-state index in [1.807, 2.05) is 49.4 Å². The summed E-state index contributed by atoms with van der Waals surface area (Å²) in [5.41, 5.74) is 2.20. The first-order valence-corrected chi connectivity index (χ1v) is 8.15. The van der Waals surface area contributed by atoms with E-state index in [0.717, 1.165) is 28.1 Å². The Kier molecular flexibility index (Phi) is 3.93. The van der Waals surface area contributed by atoms with Gasteiger partial charge in [-0.15, -0.1) is 0 Å². The second-order valence-corrected chi connectivity index (χ2v) is 5.73. The van der Waals surface area contributed by atoms with Crippen molar-refractivity contribution in [3.8, 4) is 17.2 Å². The van der Waals surface area contributed by atoms with Crippen LogP contribution in [0, 0.1) is 0 Å². The second-order valence-electron chi connectivity index (χ2n) is 5.73. The van der Waals surface area contributed by atoms with Gasteiger partial charge in [-0.25, -0.2) is 0 Å². The van der Waals surface area contributed by atoms with Crippen molar-refractivity contribution in [3.63, 3.8) is 0 Å². The molecule has 0 unspecified atom stereocenters. The molecule has 1 aliphatic heterocycles. The van der Waals surface area contributed by atoms with Gasteiger partial charge >= 0.3 is 0 Å². The number of hydrogen-bond acceptors (Lipinski definition) is 5. The minimum Gasteiger partial charge on any atom is -0.494 e. The van der Waals surface area contributed by atoms with Crippen LogP contribution in [0.3, 0.4) is 0 Å². The number of anilines is 1. The molecule has 2 aromatic carbocycles. The van der Waals surface area contributed by atoms with Crippen LogP contribution in [-0.4, -0.2) is 18.4 Å². The highest BCUT2D eigenvalue weighted by Crippen LogP contribution is 2.34. The molecule has 128 valence electrons. The third-order valence-electron chi connectivity index (χ3n) is 4.06. The van der Waals surface area contributed by atoms with Crippen LogP contribution in [-0.2, 0) is 6.54 Å². The number of aromatic amines is 1. The highest BCUT2D eigenvalue weighted by atomic mass is 16.7. The summed E-state index contributed by atoms with van der Waals surface area (Å²) in [4.78, 5) is 15.2. The maximum atomic E-state index is 12.3. The number of hydrogen-bond donors (Lipinski definition) is 2. The fourth-order valence-electron chi connectivity index (χ4n) is 2.82. The molecule has 1 aliphatic rings. The van der Waals surface area contributed by atoms with E-state index in [0.29, 0.717) is 24.5 Å². The summed E-state index contributed by atoms with van der Waals surface area (Å²) < 4.78 is 16.2. The Morgan fingerprint density at radius 1 is 1.12 bits per heavy atom. The Bertz CT molecular complexity index is 981. The molecular weight excluding hydrogens is 320 g/mol. The van der Waals surface area contributed by atoms with Crippen LogP contribution in [0.1, 0.15) is 12.5 Å². The lowest BCUT2D eigenvalue weighted by Crippen LogP contribution is -2.15. The Morgan fingerprint density at radius 2 is 2.00 bits per heavy atom. The Morgan fingerprint density at radius 3 is 2.88 bits per heavy atom. The molecule has 6 nitrogen and oxygen atoms in total. The molecular formula is C19H18N2O4. The van der Waals surface area contributed by atoms with Gasteiger partial charge in [-0.2, -0.15) is 0 Å². The molecule has 25 heavy (non-hydrogen) atoms. The number of H-pyrrole nitrogens is 1. The molecule has 0 aliphatic carbocycles. The van der Waals surface area contributed by atoms with Crippen molar-refractivity contribution in [3.05, 3.63) is 58.4 Å². The normalized spacial score (nSPS) is 12.4. The third kappa shape index (κ3) is 3.10. The monoisotopic (exact) mass is 338 g/mol. The Balaban J connectivity index is 1.58. The van der Waals surface area contributed by atoms with Gasteiger partial charge in [0.2, 0.25) is 6.79 Å². The van der Waals surface area contributed by atoms with Gasteiger partial charge in [-0.1, -0.05) is 0 Å². The Hall–Kier alpha value is -3.15. The first kappa shape index (κ1) is 15.4. The minimum absolute atomic E-state index is 0.107. The zero-order valence-corrected chi connectivity index (χ0v) is 13.8. The average Bonchev–Trinajstić information content (AvgIpc) is 3.08. The summed E-state index contributed by atoms with van der Waals surface area (Å²) in [5, 5.41) is 4.19. The zero-order valence-electron chi connectivity index (χ0n) is 13.8. The topological polar surface area (TPSA) is 72.6 Å². The highest BCUT2D eigenvalue weighted by molar-refractivity contribution is 5.80. The molecule has 0 atom stereocenters. The van der Waals surface area contributed by atoms with Gasteiger partial charge in [-0.3, -0.25) is 4.79 Å². The number of benzene rings is 2. The lowest BCUT2D eigenvalue weighted by atomic mass is 10.1. The van der Waals surface area contributed by atoms with Crippen molar-refractivity contribution < 1.29 is 14.2 Å². The maximum Gasteiger partial charge on any atom is 0.253 e. The third-order valence-corrected chi connectivity index (χ3v) is 4.06. The highest BCUT2D eigenvalue weighted by Gasteiger charge is 2.13. The van der Waals surface area contributed by atoms with Crippen molar-refractivity contribution in [2.75, 3.05) is 18.7 Å². The molecule has 0 saturated carbocycles. The van der Waals surface area contributed by atoms with Crippen molar-refractivity contribution in [1.82, 2.24) is 4.98 Å². The summed E-state index contributed by atoms with van der Waals surface area (Å²) in [6.07, 6.45) is 0. The maximum absolute atomic E-state index is 12.3. The van der Waals surface area contributed by atoms with E-state index in [2.05, 4.69) is 10.3 Å². The van der Waals surface area contributed by atoms with E-state index in [-0.39, 0.29) is 12.4 Å². The predicted octanol–water partition coefficient (Wildman–Crippen LogP) is 3.27. The molecule has 4 rings (SSSR count).